The largest absolute Gasteiger partial charge is 0.508 e. The number of pyridine rings is 1. The quantitative estimate of drug-likeness (QED) is 0.596. The summed E-state index contributed by atoms with van der Waals surface area (Å²) in [6.07, 6.45) is 7.72. The Labute approximate surface area is 160 Å². The molecule has 2 heterocycles. The van der Waals surface area contributed by atoms with Crippen LogP contribution in [0.2, 0.25) is 0 Å². The van der Waals surface area contributed by atoms with Gasteiger partial charge in [0.05, 0.1) is 5.59 Å². The number of ether oxygens (including phenoxy) is 1. The number of carbonyl (C=O) groups is 1. The van der Waals surface area contributed by atoms with Gasteiger partial charge < -0.3 is 20.1 Å². The maximum Gasteiger partial charge on any atom is 0.508 e. The molecular formula is C20H29BN2O4. The summed E-state index contributed by atoms with van der Waals surface area (Å²) in [6, 6.07) is 1.73. The first-order valence-electron chi connectivity index (χ1n) is 9.91. The minimum Gasteiger partial charge on any atom is -0.474 e. The highest BCUT2D eigenvalue weighted by Gasteiger charge is 2.29. The van der Waals surface area contributed by atoms with Gasteiger partial charge in [0, 0.05) is 24.1 Å². The SMILES string of the molecule is CCC[C@H]1C=c2c(O[C@H](C)[C@H]3CNC(=O)C3)nc(B(O)O)cc2=CCC1C. The van der Waals surface area contributed by atoms with Gasteiger partial charge in [0.25, 0.3) is 0 Å². The van der Waals surface area contributed by atoms with Gasteiger partial charge >= 0.3 is 7.12 Å². The molecule has 2 aliphatic rings. The van der Waals surface area contributed by atoms with Gasteiger partial charge in [-0.25, -0.2) is 4.98 Å². The maximum atomic E-state index is 11.5. The van der Waals surface area contributed by atoms with Gasteiger partial charge in [0.1, 0.15) is 6.10 Å². The summed E-state index contributed by atoms with van der Waals surface area (Å²) in [5.41, 5.74) is 0.183. The van der Waals surface area contributed by atoms with E-state index in [1.165, 1.54) is 0 Å². The van der Waals surface area contributed by atoms with E-state index in [1.54, 1.807) is 6.07 Å². The maximum absolute atomic E-state index is 11.5. The van der Waals surface area contributed by atoms with Crippen LogP contribution in [-0.2, 0) is 4.79 Å². The van der Waals surface area contributed by atoms with Crippen molar-refractivity contribution in [3.05, 3.63) is 16.5 Å². The standard InChI is InChI=1S/C20H29BN2O4/c1-4-5-14-8-17-15(7-6-12(14)2)9-18(21(25)26)23-20(17)27-13(3)16-10-19(24)22-11-16/h7-9,12-14,16,25-26H,4-6,10-11H2,1-3H3,(H,22,24)/t12?,13-,14+,16-/m1/s1. The summed E-state index contributed by atoms with van der Waals surface area (Å²) in [6.45, 7) is 6.96. The molecule has 1 amide bonds. The second kappa shape index (κ2) is 8.44. The van der Waals surface area contributed by atoms with Crippen LogP contribution in [0.1, 0.15) is 46.5 Å². The molecule has 0 spiro atoms. The number of fused-ring (bicyclic) bond motifs is 1. The number of hydrogen-bond donors (Lipinski definition) is 3. The summed E-state index contributed by atoms with van der Waals surface area (Å²) in [5.74, 6) is 1.47. The fourth-order valence-electron chi connectivity index (χ4n) is 3.93. The highest BCUT2D eigenvalue weighted by Crippen LogP contribution is 2.24. The van der Waals surface area contributed by atoms with E-state index in [9.17, 15) is 14.8 Å². The molecule has 27 heavy (non-hydrogen) atoms. The highest BCUT2D eigenvalue weighted by atomic mass is 16.5. The van der Waals surface area contributed by atoms with Crippen LogP contribution < -0.4 is 26.1 Å². The number of carbonyl (C=O) groups excluding carboxylic acids is 1. The normalized spacial score (nSPS) is 25.5. The topological polar surface area (TPSA) is 91.7 Å². The molecular weight excluding hydrogens is 343 g/mol. The van der Waals surface area contributed by atoms with Crippen molar-refractivity contribution < 1.29 is 19.6 Å². The van der Waals surface area contributed by atoms with Crippen molar-refractivity contribution in [3.63, 3.8) is 0 Å². The summed E-state index contributed by atoms with van der Waals surface area (Å²) in [5, 5.41) is 24.0. The molecule has 1 aliphatic carbocycles. The molecule has 1 saturated heterocycles. The average molecular weight is 372 g/mol. The predicted octanol–water partition coefficient (Wildman–Crippen LogP) is -0.318. The molecule has 146 valence electrons. The van der Waals surface area contributed by atoms with Crippen molar-refractivity contribution in [1.82, 2.24) is 10.3 Å². The first-order chi connectivity index (χ1) is 12.9. The van der Waals surface area contributed by atoms with E-state index in [0.717, 1.165) is 29.7 Å². The monoisotopic (exact) mass is 372 g/mol. The van der Waals surface area contributed by atoms with Crippen molar-refractivity contribution in [2.24, 2.45) is 17.8 Å². The molecule has 1 aliphatic heterocycles. The molecule has 1 aromatic rings. The molecule has 4 atom stereocenters. The van der Waals surface area contributed by atoms with E-state index in [1.807, 2.05) is 6.92 Å². The van der Waals surface area contributed by atoms with Crippen molar-refractivity contribution in [1.29, 1.82) is 0 Å². The van der Waals surface area contributed by atoms with Crippen LogP contribution in [0.5, 0.6) is 5.88 Å². The molecule has 0 saturated carbocycles. The second-order valence-corrected chi connectivity index (χ2v) is 7.86. The second-order valence-electron chi connectivity index (χ2n) is 7.86. The fourth-order valence-corrected chi connectivity index (χ4v) is 3.93. The Morgan fingerprint density at radius 2 is 2.22 bits per heavy atom. The first-order valence-corrected chi connectivity index (χ1v) is 9.91. The molecule has 1 fully saturated rings. The van der Waals surface area contributed by atoms with Crippen molar-refractivity contribution in [2.45, 2.75) is 52.6 Å². The molecule has 7 heteroatoms. The van der Waals surface area contributed by atoms with Gasteiger partial charge in [-0.15, -0.1) is 0 Å². The Hall–Kier alpha value is -1.86. The zero-order chi connectivity index (χ0) is 19.6. The number of rotatable bonds is 6. The van der Waals surface area contributed by atoms with Crippen LogP contribution in [0.3, 0.4) is 0 Å². The van der Waals surface area contributed by atoms with Crippen molar-refractivity contribution >= 4 is 30.8 Å². The minimum atomic E-state index is -1.65. The van der Waals surface area contributed by atoms with E-state index < -0.39 is 7.12 Å². The van der Waals surface area contributed by atoms with Gasteiger partial charge in [-0.1, -0.05) is 32.4 Å². The van der Waals surface area contributed by atoms with E-state index in [0.29, 0.717) is 30.7 Å². The Balaban J connectivity index is 2.03. The van der Waals surface area contributed by atoms with E-state index >= 15 is 0 Å². The smallest absolute Gasteiger partial charge is 0.474 e. The van der Waals surface area contributed by atoms with Crippen LogP contribution >= 0.6 is 0 Å². The molecule has 3 N–H and O–H groups in total. The number of amides is 1. The number of nitrogens with one attached hydrogen (secondary N) is 1. The lowest BCUT2D eigenvalue weighted by molar-refractivity contribution is -0.119. The zero-order valence-corrected chi connectivity index (χ0v) is 16.3. The van der Waals surface area contributed by atoms with E-state index in [4.69, 9.17) is 4.74 Å². The van der Waals surface area contributed by atoms with Crippen LogP contribution in [0.4, 0.5) is 0 Å². The van der Waals surface area contributed by atoms with Gasteiger partial charge in [0.15, 0.2) is 0 Å². The van der Waals surface area contributed by atoms with Crippen molar-refractivity contribution in [3.8, 4) is 5.88 Å². The van der Waals surface area contributed by atoms with Crippen LogP contribution in [-0.4, -0.2) is 40.7 Å². The molecule has 3 rings (SSSR count). The Bertz CT molecular complexity index is 811. The molecule has 1 aromatic heterocycles. The fraction of sp³-hybridized carbons (Fsp3) is 0.600. The van der Waals surface area contributed by atoms with Crippen LogP contribution in [0.15, 0.2) is 6.07 Å². The lowest BCUT2D eigenvalue weighted by Crippen LogP contribution is -2.42. The van der Waals surface area contributed by atoms with E-state index in [2.05, 4.69) is 36.3 Å². The molecule has 0 radical (unpaired) electrons. The van der Waals surface area contributed by atoms with Crippen LogP contribution in [0.25, 0.3) is 12.2 Å². The summed E-state index contributed by atoms with van der Waals surface area (Å²) >= 11 is 0. The Morgan fingerprint density at radius 3 is 2.85 bits per heavy atom. The number of aromatic nitrogens is 1. The molecule has 6 nitrogen and oxygen atoms in total. The highest BCUT2D eigenvalue weighted by molar-refractivity contribution is 6.57. The summed E-state index contributed by atoms with van der Waals surface area (Å²) in [4.78, 5) is 15.9. The molecule has 0 aromatic carbocycles. The van der Waals surface area contributed by atoms with Gasteiger partial charge in [-0.05, 0) is 42.9 Å². The lowest BCUT2D eigenvalue weighted by Gasteiger charge is -2.20. The Morgan fingerprint density at radius 1 is 1.44 bits per heavy atom. The molecule has 1 unspecified atom stereocenters. The van der Waals surface area contributed by atoms with Gasteiger partial charge in [-0.3, -0.25) is 4.79 Å². The first kappa shape index (κ1) is 19.9. The number of nitrogens with zero attached hydrogens (tertiary/aromatic N) is 1. The van der Waals surface area contributed by atoms with Gasteiger partial charge in [-0.2, -0.15) is 0 Å². The van der Waals surface area contributed by atoms with E-state index in [-0.39, 0.29) is 23.5 Å². The third-order valence-corrected chi connectivity index (χ3v) is 5.75. The Kier molecular flexibility index (Phi) is 6.22. The molecule has 0 bridgehead atoms. The lowest BCUT2D eigenvalue weighted by atomic mass is 9.85. The zero-order valence-electron chi connectivity index (χ0n) is 16.3. The van der Waals surface area contributed by atoms with Crippen LogP contribution in [0, 0.1) is 17.8 Å². The summed E-state index contributed by atoms with van der Waals surface area (Å²) < 4.78 is 6.18. The minimum absolute atomic E-state index is 0.0403. The third kappa shape index (κ3) is 4.53. The predicted molar refractivity (Wildman–Crippen MR) is 106 cm³/mol. The number of hydrogen-bond acceptors (Lipinski definition) is 5. The van der Waals surface area contributed by atoms with Crippen molar-refractivity contribution in [2.75, 3.05) is 6.54 Å². The average Bonchev–Trinajstić information content (AvgIpc) is 3.00. The summed E-state index contributed by atoms with van der Waals surface area (Å²) in [7, 11) is -1.65. The van der Waals surface area contributed by atoms with Gasteiger partial charge in [0.2, 0.25) is 11.8 Å². The third-order valence-electron chi connectivity index (χ3n) is 5.75.